The number of rotatable bonds is 9. The standard InChI is InChI=1S/C16H25N3O3/c1-4-6-10-18(5-2)11-9-16(20)17-15-12-14(19(21)22)8-7-13(15)3/h7-8,12H,4-6,9-11H2,1-3H3,(H,17,20). The molecule has 1 rings (SSSR count). The van der Waals surface area contributed by atoms with Crippen molar-refractivity contribution < 1.29 is 9.72 Å². The van der Waals surface area contributed by atoms with Gasteiger partial charge >= 0.3 is 0 Å². The van der Waals surface area contributed by atoms with Gasteiger partial charge in [0.05, 0.1) is 10.6 Å². The van der Waals surface area contributed by atoms with Gasteiger partial charge in [-0.3, -0.25) is 14.9 Å². The minimum absolute atomic E-state index is 0.0148. The van der Waals surface area contributed by atoms with Gasteiger partial charge in [-0.05, 0) is 32.0 Å². The van der Waals surface area contributed by atoms with Gasteiger partial charge in [0, 0.05) is 25.1 Å². The molecule has 6 nitrogen and oxygen atoms in total. The maximum absolute atomic E-state index is 12.0. The first kappa shape index (κ1) is 18.1. The Morgan fingerprint density at radius 1 is 1.32 bits per heavy atom. The van der Waals surface area contributed by atoms with Crippen molar-refractivity contribution in [3.8, 4) is 0 Å². The smallest absolute Gasteiger partial charge is 0.271 e. The Kier molecular flexibility index (Phi) is 7.52. The third-order valence-electron chi connectivity index (χ3n) is 3.64. The molecule has 0 saturated carbocycles. The van der Waals surface area contributed by atoms with E-state index in [9.17, 15) is 14.9 Å². The summed E-state index contributed by atoms with van der Waals surface area (Å²) in [6.07, 6.45) is 2.65. The second-order valence-corrected chi connectivity index (χ2v) is 5.34. The van der Waals surface area contributed by atoms with Gasteiger partial charge in [-0.15, -0.1) is 0 Å². The summed E-state index contributed by atoms with van der Waals surface area (Å²) in [6, 6.07) is 4.49. The van der Waals surface area contributed by atoms with Crippen LogP contribution in [0.3, 0.4) is 0 Å². The van der Waals surface area contributed by atoms with E-state index in [4.69, 9.17) is 0 Å². The summed E-state index contributed by atoms with van der Waals surface area (Å²) in [7, 11) is 0. The molecular weight excluding hydrogens is 282 g/mol. The molecule has 0 spiro atoms. The van der Waals surface area contributed by atoms with Crippen LogP contribution in [-0.2, 0) is 4.79 Å². The third kappa shape index (κ3) is 5.81. The lowest BCUT2D eigenvalue weighted by Gasteiger charge is -2.19. The van der Waals surface area contributed by atoms with Crippen LogP contribution < -0.4 is 5.32 Å². The van der Waals surface area contributed by atoms with E-state index in [1.807, 2.05) is 6.92 Å². The van der Waals surface area contributed by atoms with Gasteiger partial charge in [0.15, 0.2) is 0 Å². The van der Waals surface area contributed by atoms with Gasteiger partial charge in [0.1, 0.15) is 0 Å². The largest absolute Gasteiger partial charge is 0.326 e. The van der Waals surface area contributed by atoms with Crippen molar-refractivity contribution >= 4 is 17.3 Å². The van der Waals surface area contributed by atoms with Gasteiger partial charge in [0.25, 0.3) is 5.69 Å². The van der Waals surface area contributed by atoms with Crippen molar-refractivity contribution in [3.63, 3.8) is 0 Å². The average molecular weight is 307 g/mol. The van der Waals surface area contributed by atoms with Crippen LogP contribution >= 0.6 is 0 Å². The van der Waals surface area contributed by atoms with Gasteiger partial charge in [-0.1, -0.05) is 26.3 Å². The van der Waals surface area contributed by atoms with Crippen LogP contribution in [-0.4, -0.2) is 35.4 Å². The van der Waals surface area contributed by atoms with Crippen molar-refractivity contribution in [2.24, 2.45) is 0 Å². The fraction of sp³-hybridized carbons (Fsp3) is 0.562. The van der Waals surface area contributed by atoms with Crippen LogP contribution in [0.25, 0.3) is 0 Å². The first-order valence-electron chi connectivity index (χ1n) is 7.75. The minimum Gasteiger partial charge on any atom is -0.326 e. The molecule has 0 aliphatic carbocycles. The Bertz CT molecular complexity index is 517. The Morgan fingerprint density at radius 2 is 2.05 bits per heavy atom. The van der Waals surface area contributed by atoms with Crippen molar-refractivity contribution in [1.82, 2.24) is 4.90 Å². The minimum atomic E-state index is -0.460. The highest BCUT2D eigenvalue weighted by Crippen LogP contribution is 2.21. The highest BCUT2D eigenvalue weighted by Gasteiger charge is 2.12. The predicted molar refractivity (Wildman–Crippen MR) is 88.1 cm³/mol. The molecular formula is C16H25N3O3. The maximum atomic E-state index is 12.0. The first-order chi connectivity index (χ1) is 10.5. The van der Waals surface area contributed by atoms with Gasteiger partial charge in [-0.25, -0.2) is 0 Å². The number of carbonyl (C=O) groups is 1. The molecule has 0 aliphatic rings. The van der Waals surface area contributed by atoms with Crippen LogP contribution in [0.1, 0.15) is 38.7 Å². The molecule has 0 aliphatic heterocycles. The maximum Gasteiger partial charge on any atom is 0.271 e. The highest BCUT2D eigenvalue weighted by atomic mass is 16.6. The summed E-state index contributed by atoms with van der Waals surface area (Å²) in [4.78, 5) is 24.6. The molecule has 0 atom stereocenters. The molecule has 6 heteroatoms. The number of anilines is 1. The lowest BCUT2D eigenvalue weighted by molar-refractivity contribution is -0.384. The number of hydrogen-bond acceptors (Lipinski definition) is 4. The fourth-order valence-corrected chi connectivity index (χ4v) is 2.14. The van der Waals surface area contributed by atoms with E-state index in [-0.39, 0.29) is 11.6 Å². The van der Waals surface area contributed by atoms with Crippen molar-refractivity contribution in [1.29, 1.82) is 0 Å². The Morgan fingerprint density at radius 3 is 2.64 bits per heavy atom. The van der Waals surface area contributed by atoms with Gasteiger partial charge < -0.3 is 10.2 Å². The predicted octanol–water partition coefficient (Wildman–Crippen LogP) is 3.35. The Labute approximate surface area is 131 Å². The molecule has 0 heterocycles. The highest BCUT2D eigenvalue weighted by molar-refractivity contribution is 5.92. The van der Waals surface area contributed by atoms with Crippen molar-refractivity contribution in [2.75, 3.05) is 25.0 Å². The fourth-order valence-electron chi connectivity index (χ4n) is 2.14. The average Bonchev–Trinajstić information content (AvgIpc) is 2.49. The number of amides is 1. The lowest BCUT2D eigenvalue weighted by atomic mass is 10.1. The monoisotopic (exact) mass is 307 g/mol. The molecule has 0 unspecified atom stereocenters. The number of nitrogens with one attached hydrogen (secondary N) is 1. The number of aryl methyl sites for hydroxylation is 1. The third-order valence-corrected chi connectivity index (χ3v) is 3.64. The molecule has 122 valence electrons. The van der Waals surface area contributed by atoms with Crippen molar-refractivity contribution in [3.05, 3.63) is 33.9 Å². The summed E-state index contributed by atoms with van der Waals surface area (Å²) in [5, 5.41) is 13.6. The van der Waals surface area contributed by atoms with E-state index in [1.165, 1.54) is 12.1 Å². The second kappa shape index (κ2) is 9.15. The van der Waals surface area contributed by atoms with Crippen molar-refractivity contribution in [2.45, 2.75) is 40.0 Å². The van der Waals surface area contributed by atoms with Crippen LogP contribution in [0.2, 0.25) is 0 Å². The molecule has 0 radical (unpaired) electrons. The summed E-state index contributed by atoms with van der Waals surface area (Å²) < 4.78 is 0. The Balaban J connectivity index is 2.57. The first-order valence-corrected chi connectivity index (χ1v) is 7.75. The van der Waals surface area contributed by atoms with Crippen LogP contribution in [0.4, 0.5) is 11.4 Å². The summed E-state index contributed by atoms with van der Waals surface area (Å²) >= 11 is 0. The van der Waals surface area contributed by atoms with Crippen LogP contribution in [0.15, 0.2) is 18.2 Å². The zero-order valence-corrected chi connectivity index (χ0v) is 13.6. The topological polar surface area (TPSA) is 75.5 Å². The molecule has 0 bridgehead atoms. The van der Waals surface area contributed by atoms with Crippen LogP contribution in [0.5, 0.6) is 0 Å². The SMILES string of the molecule is CCCCN(CC)CCC(=O)Nc1cc([N+](=O)[O-])ccc1C. The lowest BCUT2D eigenvalue weighted by Crippen LogP contribution is -2.28. The number of non-ortho nitro benzene ring substituents is 1. The van der Waals surface area contributed by atoms with E-state index in [0.29, 0.717) is 18.7 Å². The van der Waals surface area contributed by atoms with E-state index >= 15 is 0 Å². The van der Waals surface area contributed by atoms with E-state index in [1.54, 1.807) is 6.07 Å². The number of benzene rings is 1. The molecule has 1 N–H and O–H groups in total. The normalized spacial score (nSPS) is 10.7. The quantitative estimate of drug-likeness (QED) is 0.560. The summed E-state index contributed by atoms with van der Waals surface area (Å²) in [6.45, 7) is 8.67. The number of nitro benzene ring substituents is 1. The zero-order valence-electron chi connectivity index (χ0n) is 13.6. The number of carbonyl (C=O) groups excluding carboxylic acids is 1. The molecule has 0 aromatic heterocycles. The summed E-state index contributed by atoms with van der Waals surface area (Å²) in [5.74, 6) is -0.112. The molecule has 1 aromatic carbocycles. The Hall–Kier alpha value is -1.95. The molecule has 0 saturated heterocycles. The van der Waals surface area contributed by atoms with Gasteiger partial charge in [-0.2, -0.15) is 0 Å². The second-order valence-electron chi connectivity index (χ2n) is 5.34. The summed E-state index contributed by atoms with van der Waals surface area (Å²) in [5.41, 5.74) is 1.31. The molecule has 1 amide bonds. The zero-order chi connectivity index (χ0) is 16.5. The molecule has 22 heavy (non-hydrogen) atoms. The van der Waals surface area contributed by atoms with Crippen LogP contribution in [0, 0.1) is 17.0 Å². The van der Waals surface area contributed by atoms with E-state index in [2.05, 4.69) is 24.1 Å². The molecule has 0 fully saturated rings. The molecule has 1 aromatic rings. The number of nitro groups is 1. The van der Waals surface area contributed by atoms with E-state index in [0.717, 1.165) is 31.5 Å². The van der Waals surface area contributed by atoms with E-state index < -0.39 is 4.92 Å². The number of hydrogen-bond donors (Lipinski definition) is 1. The number of nitrogens with zero attached hydrogens (tertiary/aromatic N) is 2. The van der Waals surface area contributed by atoms with Gasteiger partial charge in [0.2, 0.25) is 5.91 Å². The number of unbranched alkanes of at least 4 members (excludes halogenated alkanes) is 1.